The fraction of sp³-hybridized carbons (Fsp3) is 1.00. The maximum absolute atomic E-state index is 10.9. The van der Waals surface area contributed by atoms with Gasteiger partial charge >= 0.3 is 117 Å². The van der Waals surface area contributed by atoms with Crippen LogP contribution < -0.4 is 0 Å². The largest absolute Gasteiger partial charge is 0.707 e. The summed E-state index contributed by atoms with van der Waals surface area (Å²) in [7, 11) is -52.2. The zero-order chi connectivity index (χ0) is 66.4. The van der Waals surface area contributed by atoms with Gasteiger partial charge in [0.1, 0.15) is 0 Å². The SMILES string of the molecule is CCO[Si](O)(OCC)OCC.CCO[Si](OCC)(OCC)OCC.CCO[Si](OCC)(OCC)OO[Si](OCC)(OCC)OCC.CCO[Si]1(O)O[Si](C)(C)O[Si]2(OO[Si](OCC)(O[Si](C)(O)O)O[Si](O)(O)O[Si](C)(O)O2)O[Si](C)(O)O1.O.O=[Si]=O. The van der Waals surface area contributed by atoms with Gasteiger partial charge < -0.3 is 143 Å². The van der Waals surface area contributed by atoms with Gasteiger partial charge in [0.05, 0.1) is 0 Å². The second-order valence-corrected chi connectivity index (χ2v) is 44.1. The smallest absolute Gasteiger partial charge is 0.412 e. The van der Waals surface area contributed by atoms with Crippen molar-refractivity contribution >= 4 is 117 Å². The average molecular weight is 1490 g/mol. The van der Waals surface area contributed by atoms with Crippen molar-refractivity contribution in [1.82, 2.24) is 0 Å². The monoisotopic (exact) mass is 1490 g/mol. The highest BCUT2D eigenvalue weighted by Crippen LogP contribution is 2.35. The molecule has 86 heavy (non-hydrogen) atoms. The van der Waals surface area contributed by atoms with Crippen molar-refractivity contribution in [2.75, 3.05) is 99.1 Å². The zero-order valence-corrected chi connectivity index (χ0v) is 66.0. The van der Waals surface area contributed by atoms with Gasteiger partial charge in [-0.1, -0.05) is 0 Å². The standard InChI is InChI=1S/C12H30O8Si2.C9H32O19Si8.C8H20O4Si.C6H16O4Si.O2Si.H2O/c1-7-13-21(14-8-2,15-9-3)19-20-22(16-10-4,17-11-5)18-12-6;1-8-17-34(16)21-29(3,4)22-36(27-32(7,13)25-34)20-19-35(18-9-2,23-30(5,10)11)28-33(14,15)24-31(6,12)26-36;1-5-9-13(10-6-2,11-7-3)12-8-4;1-4-8-11(7,9-5-2)10-6-3;1-3-2;/h7-12H2,1-6H3;10-16H,8-9H2,1-7H3;5-8H2,1-4H3;7H,4-6H2,1-3H3;;1H2. The average Bonchev–Trinajstić information content (AvgIpc) is 3.35. The lowest BCUT2D eigenvalue weighted by atomic mass is 10.9. The molecule has 5 atom stereocenters. The third-order valence-corrected chi connectivity index (χ3v) is 39.8. The molecule has 0 aromatic carbocycles. The highest BCUT2D eigenvalue weighted by Gasteiger charge is 2.73. The zero-order valence-electron chi connectivity index (χ0n) is 53.0. The van der Waals surface area contributed by atoms with E-state index in [0.717, 1.165) is 19.6 Å². The molecule has 51 heteroatoms. The molecule has 2 heterocycles. The molecule has 2 fully saturated rings. The number of hydrogen-bond acceptors (Lipinski definition) is 37. The predicted molar refractivity (Wildman–Crippen MR) is 314 cm³/mol. The Balaban J connectivity index is -0.000000570. The van der Waals surface area contributed by atoms with E-state index in [-0.39, 0.29) is 18.7 Å². The molecule has 0 amide bonds. The summed E-state index contributed by atoms with van der Waals surface area (Å²) in [6, 6.07) is 0. The van der Waals surface area contributed by atoms with Gasteiger partial charge in [-0.2, -0.15) is 0 Å². The van der Waals surface area contributed by atoms with Gasteiger partial charge in [-0.25, -0.2) is 18.3 Å². The molecule has 2 aliphatic rings. The Morgan fingerprint density at radius 2 is 0.686 bits per heavy atom. The van der Waals surface area contributed by atoms with Crippen LogP contribution in [0.2, 0.25) is 32.7 Å². The third kappa shape index (κ3) is 39.6. The maximum Gasteiger partial charge on any atom is 0.707 e. The molecule has 2 aliphatic heterocycles. The van der Waals surface area contributed by atoms with Gasteiger partial charge in [-0.05, 0) is 117 Å². The predicted octanol–water partition coefficient (Wildman–Crippen LogP) is -1.06. The first kappa shape index (κ1) is 93.4. The second kappa shape index (κ2) is 46.2. The van der Waals surface area contributed by atoms with Crippen molar-refractivity contribution in [2.24, 2.45) is 0 Å². The van der Waals surface area contributed by atoms with Crippen LogP contribution in [0.3, 0.4) is 0 Å². The van der Waals surface area contributed by atoms with E-state index in [1.54, 1.807) is 20.8 Å². The lowest BCUT2D eigenvalue weighted by Gasteiger charge is -2.44. The molecule has 5 unspecified atom stereocenters. The Kier molecular flexibility index (Phi) is 50.1. The Morgan fingerprint density at radius 3 is 0.977 bits per heavy atom. The summed E-state index contributed by atoms with van der Waals surface area (Å²) in [4.78, 5) is 82.4. The minimum Gasteiger partial charge on any atom is -0.412 e. The van der Waals surface area contributed by atoms with Crippen LogP contribution in [0.15, 0.2) is 0 Å². The van der Waals surface area contributed by atoms with Crippen LogP contribution in [-0.2, 0) is 127 Å². The molecule has 0 bridgehead atoms. The van der Waals surface area contributed by atoms with Gasteiger partial charge in [-0.15, -0.1) is 0 Å². The fourth-order valence-electron chi connectivity index (χ4n) is 6.02. The van der Waals surface area contributed by atoms with Crippen LogP contribution in [0.25, 0.3) is 0 Å². The molecule has 1 spiro atoms. The van der Waals surface area contributed by atoms with Gasteiger partial charge in [0.25, 0.3) is 0 Å². The van der Waals surface area contributed by atoms with Gasteiger partial charge in [0, 0.05) is 119 Å². The van der Waals surface area contributed by atoms with E-state index in [1.165, 1.54) is 26.9 Å². The molecule has 2 saturated heterocycles. The molecule has 0 aromatic heterocycles. The summed E-state index contributed by atoms with van der Waals surface area (Å²) < 4.78 is 161. The fourth-order valence-corrected chi connectivity index (χ4v) is 36.8. The van der Waals surface area contributed by atoms with E-state index in [4.69, 9.17) is 127 Å². The summed E-state index contributed by atoms with van der Waals surface area (Å²) >= 11 is 0. The Labute approximate surface area is 520 Å². The minimum atomic E-state index is -5.47. The van der Waals surface area contributed by atoms with Crippen molar-refractivity contribution < 1.29 is 170 Å². The van der Waals surface area contributed by atoms with E-state index in [9.17, 15) is 38.4 Å². The van der Waals surface area contributed by atoms with Crippen LogP contribution in [0, 0.1) is 0 Å². The van der Waals surface area contributed by atoms with Crippen LogP contribution in [0.4, 0.5) is 0 Å². The van der Waals surface area contributed by atoms with Gasteiger partial charge in [0.15, 0.2) is 0 Å². The summed E-state index contributed by atoms with van der Waals surface area (Å²) in [6.07, 6.45) is 0. The Morgan fingerprint density at radius 1 is 0.384 bits per heavy atom. The first-order valence-corrected chi connectivity index (χ1v) is 50.8. The molecule has 0 aliphatic carbocycles. The Hall–Kier alpha value is 0.979. The summed E-state index contributed by atoms with van der Waals surface area (Å²) in [5, 5.41) is 0. The number of hydrogen-bond donors (Lipinski definition) is 8. The first-order valence-electron chi connectivity index (χ1n) is 27.1. The molecule has 0 radical (unpaired) electrons. The van der Waals surface area contributed by atoms with Crippen molar-refractivity contribution in [3.63, 3.8) is 0 Å². The van der Waals surface area contributed by atoms with Crippen LogP contribution >= 0.6 is 0 Å². The summed E-state index contributed by atoms with van der Waals surface area (Å²) in [5.41, 5.74) is 0. The van der Waals surface area contributed by atoms with Crippen molar-refractivity contribution in [3.8, 4) is 0 Å². The molecule has 10 N–H and O–H groups in total. The van der Waals surface area contributed by atoms with E-state index in [1.807, 2.05) is 69.2 Å². The van der Waals surface area contributed by atoms with Crippen LogP contribution in [0.5, 0.6) is 0 Å². The van der Waals surface area contributed by atoms with E-state index in [0.29, 0.717) is 85.9 Å². The van der Waals surface area contributed by atoms with Crippen LogP contribution in [0.1, 0.15) is 104 Å². The van der Waals surface area contributed by atoms with E-state index in [2.05, 4.69) is 0 Å². The minimum absolute atomic E-state index is 0. The Bertz CT molecular complexity index is 1610. The highest BCUT2D eigenvalue weighted by atomic mass is 28.6. The van der Waals surface area contributed by atoms with Crippen LogP contribution in [-0.4, -0.2) is 260 Å². The maximum atomic E-state index is 10.9. The molecule has 520 valence electrons. The summed E-state index contributed by atoms with van der Waals surface area (Å²) in [5.74, 6) is 0. The highest BCUT2D eigenvalue weighted by molar-refractivity contribution is 6.89. The lowest BCUT2D eigenvalue weighted by molar-refractivity contribution is -0.258. The normalized spacial score (nSPS) is 24.4. The van der Waals surface area contributed by atoms with Crippen molar-refractivity contribution in [2.45, 2.75) is 137 Å². The molecule has 0 saturated carbocycles. The molecular weight excluding hydrogens is 1390 g/mol. The second-order valence-electron chi connectivity index (χ2n) is 16.0. The third-order valence-electron chi connectivity index (χ3n) is 7.92. The molecule has 38 nitrogen and oxygen atoms in total. The topological polar surface area (TPSA) is 477 Å². The van der Waals surface area contributed by atoms with E-state index < -0.39 is 117 Å². The number of rotatable bonds is 35. The van der Waals surface area contributed by atoms with E-state index >= 15 is 0 Å². The van der Waals surface area contributed by atoms with Gasteiger partial charge in [0.2, 0.25) is 0 Å². The molecule has 0 aromatic rings. The van der Waals surface area contributed by atoms with Crippen molar-refractivity contribution in [1.29, 1.82) is 0 Å². The molecular formula is C35H100O38Si13. The summed E-state index contributed by atoms with van der Waals surface area (Å²) in [6.45, 7) is 37.5. The lowest BCUT2D eigenvalue weighted by Crippen LogP contribution is -2.73. The quantitative estimate of drug-likeness (QED) is 0.0213. The van der Waals surface area contributed by atoms with Crippen molar-refractivity contribution in [3.05, 3.63) is 0 Å². The molecule has 2 rings (SSSR count). The first-order chi connectivity index (χ1) is 39.4. The van der Waals surface area contributed by atoms with Gasteiger partial charge in [-0.3, -0.25) is 8.92 Å².